The van der Waals surface area contributed by atoms with Gasteiger partial charge in [0.2, 0.25) is 0 Å². The van der Waals surface area contributed by atoms with Crippen LogP contribution in [0.25, 0.3) is 84.3 Å². The Bertz CT molecular complexity index is 5920. The minimum absolute atomic E-state index is 0.190. The lowest BCUT2D eigenvalue weighted by molar-refractivity contribution is -0.202. The Hall–Kier alpha value is -15.2. The normalized spacial score (nSPS) is 18.7. The lowest BCUT2D eigenvalue weighted by Crippen LogP contribution is -2.63. The van der Waals surface area contributed by atoms with Crippen molar-refractivity contribution in [3.05, 3.63) is 181 Å². The number of hydrogen-bond acceptors (Lipinski definition) is 27. The third kappa shape index (κ3) is 16.6. The van der Waals surface area contributed by atoms with Gasteiger partial charge < -0.3 is 85.4 Å². The summed E-state index contributed by atoms with van der Waals surface area (Å²) in [4.78, 5) is 154. The van der Waals surface area contributed by atoms with Gasteiger partial charge >= 0.3 is 30.0 Å². The van der Waals surface area contributed by atoms with Gasteiger partial charge in [-0.2, -0.15) is 15.3 Å². The number of nitrogens with zero attached hydrogens (tertiary/aromatic N) is 18. The molecule has 8 aliphatic rings. The smallest absolute Gasteiger partial charge is 0.329 e. The van der Waals surface area contributed by atoms with Crippen molar-refractivity contribution < 1.29 is 71.7 Å². The number of hydrogen-bond donors (Lipinski definition) is 7. The molecule has 0 spiro atoms. The van der Waals surface area contributed by atoms with Crippen LogP contribution in [0.15, 0.2) is 164 Å². The maximum atomic E-state index is 13.1. The van der Waals surface area contributed by atoms with E-state index in [1.54, 1.807) is 149 Å². The Morgan fingerprint density at radius 1 is 0.397 bits per heavy atom. The maximum absolute atomic E-state index is 13.1. The van der Waals surface area contributed by atoms with Crippen LogP contribution in [0.4, 0.5) is 48.9 Å². The van der Waals surface area contributed by atoms with E-state index in [9.17, 15) is 43.2 Å². The molecule has 40 nitrogen and oxygen atoms in total. The highest BCUT2D eigenvalue weighted by molar-refractivity contribution is 6.02. The van der Waals surface area contributed by atoms with E-state index in [0.29, 0.717) is 185 Å². The molecule has 4 bridgehead atoms. The Morgan fingerprint density at radius 3 is 1.00 bits per heavy atom. The minimum atomic E-state index is -0.602. The lowest BCUT2D eigenvalue weighted by atomic mass is 10.1. The number of benzene rings is 6. The molecular formula is C86H85N25O15. The van der Waals surface area contributed by atoms with Crippen LogP contribution in [0.3, 0.4) is 0 Å². The first kappa shape index (κ1) is 81.8. The number of β-lactam (4-membered cyclic amide) rings is 1. The minimum Gasteiger partial charge on any atom is -0.459 e. The van der Waals surface area contributed by atoms with Crippen LogP contribution >= 0.6 is 0 Å². The van der Waals surface area contributed by atoms with Crippen molar-refractivity contribution >= 4 is 121 Å². The number of nitrogens with one attached hydrogen (secondary N) is 7. The molecule has 0 radical (unpaired) electrons. The molecule has 8 saturated heterocycles. The molecule has 12 aromatic rings. The van der Waals surface area contributed by atoms with Gasteiger partial charge in [-0.15, -0.1) is 0 Å². The molecule has 7 N–H and O–H groups in total. The molecule has 5 atom stereocenters. The fourth-order valence-corrected chi connectivity index (χ4v) is 16.0. The average molecular weight is 1710 g/mol. The Kier molecular flexibility index (Phi) is 23.0. The van der Waals surface area contributed by atoms with E-state index in [1.165, 1.54) is 12.2 Å². The molecular weight excluding hydrogens is 1620 g/mol. The predicted octanol–water partition coefficient (Wildman–Crippen LogP) is 5.99. The molecule has 0 saturated carbocycles. The molecule has 0 aliphatic carbocycles. The highest BCUT2D eigenvalue weighted by Gasteiger charge is 2.50. The van der Waals surface area contributed by atoms with Gasteiger partial charge in [-0.05, 0) is 146 Å². The van der Waals surface area contributed by atoms with Crippen molar-refractivity contribution in [2.24, 2.45) is 0 Å². The number of urea groups is 3. The zero-order valence-electron chi connectivity index (χ0n) is 68.7. The zero-order chi connectivity index (χ0) is 86.8. The average Bonchev–Trinajstić information content (AvgIpc) is 1.40. The molecule has 6 aromatic heterocycles. The van der Waals surface area contributed by atoms with E-state index >= 15 is 0 Å². The summed E-state index contributed by atoms with van der Waals surface area (Å²) in [7, 11) is 6.08. The van der Waals surface area contributed by atoms with Crippen LogP contribution in [0.2, 0.25) is 0 Å². The fraction of sp³-hybridized carbons (Fsp3) is 0.302. The van der Waals surface area contributed by atoms with Crippen LogP contribution in [0.1, 0.15) is 43.9 Å². The van der Waals surface area contributed by atoms with Crippen molar-refractivity contribution in [1.82, 2.24) is 95.4 Å². The van der Waals surface area contributed by atoms with Gasteiger partial charge in [0.15, 0.2) is 34.4 Å². The lowest BCUT2D eigenvalue weighted by Gasteiger charge is -2.35. The number of rotatable bonds is 17. The van der Waals surface area contributed by atoms with Crippen LogP contribution in [0, 0.1) is 0 Å². The number of anilines is 6. The molecule has 0 unspecified atom stereocenters. The molecule has 8 aliphatic heterocycles. The first-order valence-corrected chi connectivity index (χ1v) is 40.9. The topological polar surface area (TPSA) is 443 Å². The van der Waals surface area contributed by atoms with E-state index in [-0.39, 0.29) is 65.9 Å². The molecule has 10 amide bonds. The van der Waals surface area contributed by atoms with E-state index in [0.717, 1.165) is 61.7 Å². The number of fused-ring (bicyclic) bond motifs is 7. The van der Waals surface area contributed by atoms with Gasteiger partial charge in [-0.1, -0.05) is 0 Å². The second kappa shape index (κ2) is 35.4. The quantitative estimate of drug-likeness (QED) is 0.0406. The van der Waals surface area contributed by atoms with Crippen LogP contribution in [-0.4, -0.2) is 285 Å². The molecule has 6 aromatic carbocycles. The van der Waals surface area contributed by atoms with Gasteiger partial charge in [-0.3, -0.25) is 24.0 Å². The van der Waals surface area contributed by atoms with Crippen LogP contribution < -0.4 is 51.9 Å². The van der Waals surface area contributed by atoms with Crippen molar-refractivity contribution in [3.8, 4) is 51.2 Å². The largest absolute Gasteiger partial charge is 0.459 e. The summed E-state index contributed by atoms with van der Waals surface area (Å²) in [6.45, 7) is 8.85. The molecule has 8 fully saturated rings. The van der Waals surface area contributed by atoms with Crippen LogP contribution in [-0.2, 0) is 42.9 Å². The first-order chi connectivity index (χ1) is 61.4. The summed E-state index contributed by atoms with van der Waals surface area (Å²) >= 11 is 0. The summed E-state index contributed by atoms with van der Waals surface area (Å²) in [6.07, 6.45) is 5.95. The number of amides is 10. The van der Waals surface area contributed by atoms with Crippen LogP contribution in [0.5, 0.6) is 0 Å². The third-order valence-corrected chi connectivity index (χ3v) is 22.7. The monoisotopic (exact) mass is 1710 g/mol. The summed E-state index contributed by atoms with van der Waals surface area (Å²) in [5.41, 5.74) is 9.65. The molecule has 40 heteroatoms. The Morgan fingerprint density at radius 2 is 0.714 bits per heavy atom. The summed E-state index contributed by atoms with van der Waals surface area (Å²) in [6, 6.07) is 40.5. The highest BCUT2D eigenvalue weighted by Crippen LogP contribution is 2.38. The highest BCUT2D eigenvalue weighted by atomic mass is 16.7. The zero-order valence-corrected chi connectivity index (χ0v) is 68.7. The molecule has 20 rings (SSSR count). The first-order valence-electron chi connectivity index (χ1n) is 40.9. The number of aromatic nitrogens is 12. The van der Waals surface area contributed by atoms with Gasteiger partial charge in [0.25, 0.3) is 23.6 Å². The standard InChI is InChI=1S/2C29H28N8O5.C28H29N9O5/c2*1-30-29(40)32-19-6-2-17(3-7-19)24-33-25(35-10-12-41-13-11-35)22-15-31-37(26(22)34-24)20-8-4-18(5-9-20)27(38)36-16-21-14-23(36)28(39)42-21;1-29-28(40)31-19-7-3-17(4-8-19)23-33-24(35-11-13-42-14-12-35)21-15-30-37(25(21)34-23)20-9-5-18(6-10-20)26(38)32-22-16-36(41-2)27(22)39/h2*2-9,15,21,23H,10-14,16H2,1H3,(H2,30,32,40);3-10,15,22H,11-14,16H2,1-2H3,(H,32,38)(H2,29,31,40)/t2*21-,23-;22-/m101/s1. The number of carbonyl (C=O) groups excluding carboxylic acids is 9. The summed E-state index contributed by atoms with van der Waals surface area (Å²) < 4.78 is 32.3. The number of morpholine rings is 5. The summed E-state index contributed by atoms with van der Waals surface area (Å²) in [5.74, 6) is 2.14. The fourth-order valence-electron chi connectivity index (χ4n) is 16.0. The van der Waals surface area contributed by atoms with Crippen molar-refractivity contribution in [2.75, 3.05) is 157 Å². The number of hydroxylamine groups is 2. The molecule has 14 heterocycles. The van der Waals surface area contributed by atoms with Crippen molar-refractivity contribution in [3.63, 3.8) is 0 Å². The maximum Gasteiger partial charge on any atom is 0.329 e. The number of likely N-dealkylation sites (tertiary alicyclic amines) is 2. The van der Waals surface area contributed by atoms with Gasteiger partial charge in [0, 0.05) is 124 Å². The summed E-state index contributed by atoms with van der Waals surface area (Å²) in [5, 5.41) is 36.1. The second-order valence-electron chi connectivity index (χ2n) is 30.4. The molecule has 126 heavy (non-hydrogen) atoms. The van der Waals surface area contributed by atoms with Gasteiger partial charge in [0.05, 0.1) is 118 Å². The van der Waals surface area contributed by atoms with Gasteiger partial charge in [-0.25, -0.2) is 73.0 Å². The van der Waals surface area contributed by atoms with E-state index in [2.05, 4.69) is 67.2 Å². The molecule has 644 valence electrons. The van der Waals surface area contributed by atoms with Crippen molar-refractivity contribution in [1.29, 1.82) is 0 Å². The Balaban J connectivity index is 0.000000128. The predicted molar refractivity (Wildman–Crippen MR) is 458 cm³/mol. The van der Waals surface area contributed by atoms with E-state index in [4.69, 9.17) is 58.4 Å². The number of carbonyl (C=O) groups is 9. The van der Waals surface area contributed by atoms with Crippen molar-refractivity contribution in [2.45, 2.75) is 43.2 Å². The van der Waals surface area contributed by atoms with E-state index < -0.39 is 18.1 Å². The third-order valence-electron chi connectivity index (χ3n) is 22.7. The van der Waals surface area contributed by atoms with Gasteiger partial charge in [0.1, 0.15) is 47.8 Å². The van der Waals surface area contributed by atoms with E-state index in [1.807, 2.05) is 60.7 Å². The second-order valence-corrected chi connectivity index (χ2v) is 30.4. The Labute approximate surface area is 717 Å². The SMILES string of the molecule is CNC(=O)Nc1ccc(-c2nc(N3CCOCC3)c3cnn(-c4ccc(C(=O)N5C[C@@H]6C[C@H]5C(=O)O6)cc4)c3n2)cc1.CNC(=O)Nc1ccc(-c2nc(N3CCOCC3)c3cnn(-c4ccc(C(=O)N5C[C@H]6C[C@@H]5C(=O)O6)cc4)c3n2)cc1.CNC(=O)Nc1ccc(-c2nc(N3CCOCC3)c3cnn(-c4ccc(C(=O)N[C@@H]5CN(OC)C5=O)cc4)c3n2)cc1. The number of esters is 2. The number of ether oxygens (including phenoxy) is 5.